The molecule has 1 saturated heterocycles. The van der Waals surface area contributed by atoms with Crippen molar-refractivity contribution in [2.75, 3.05) is 26.2 Å². The first-order valence-electron chi connectivity index (χ1n) is 6.98. The van der Waals surface area contributed by atoms with E-state index in [1.54, 1.807) is 6.26 Å². The zero-order chi connectivity index (χ0) is 14.0. The summed E-state index contributed by atoms with van der Waals surface area (Å²) in [7, 11) is 0. The Morgan fingerprint density at radius 1 is 1.50 bits per heavy atom. The highest BCUT2D eigenvalue weighted by molar-refractivity contribution is 5.80. The van der Waals surface area contributed by atoms with Crippen LogP contribution in [-0.2, 0) is 11.2 Å². The highest BCUT2D eigenvalue weighted by Gasteiger charge is 2.14. The molecular weight excluding hydrogens is 254 g/mol. The summed E-state index contributed by atoms with van der Waals surface area (Å²) in [5, 5.41) is 6.33. The number of ether oxygens (including phenoxy) is 1. The Balaban J connectivity index is 1.76. The van der Waals surface area contributed by atoms with Gasteiger partial charge in [-0.2, -0.15) is 0 Å². The second kappa shape index (κ2) is 8.28. The van der Waals surface area contributed by atoms with E-state index in [2.05, 4.69) is 21.5 Å². The van der Waals surface area contributed by atoms with E-state index in [0.29, 0.717) is 13.1 Å². The van der Waals surface area contributed by atoms with Gasteiger partial charge in [-0.05, 0) is 25.0 Å². The van der Waals surface area contributed by atoms with Crippen molar-refractivity contribution < 1.29 is 9.15 Å². The Kier molecular flexibility index (Phi) is 6.00. The topological polar surface area (TPSA) is 58.8 Å². The lowest BCUT2D eigenvalue weighted by molar-refractivity contribution is 0.117. The molecule has 1 unspecified atom stereocenters. The Morgan fingerprint density at radius 2 is 2.45 bits per heavy atom. The number of guanidine groups is 1. The van der Waals surface area contributed by atoms with E-state index >= 15 is 0 Å². The van der Waals surface area contributed by atoms with Gasteiger partial charge in [0.1, 0.15) is 5.76 Å². The fourth-order valence-corrected chi connectivity index (χ4v) is 2.05. The van der Waals surface area contributed by atoms with Crippen LogP contribution in [0.2, 0.25) is 0 Å². The van der Waals surface area contributed by atoms with Crippen LogP contribution in [0.15, 0.2) is 27.8 Å². The first-order valence-corrected chi connectivity index (χ1v) is 6.98. The third-order valence-electron chi connectivity index (χ3n) is 3.08. The summed E-state index contributed by atoms with van der Waals surface area (Å²) in [6, 6.07) is 3.85. The maximum absolute atomic E-state index is 5.55. The number of nitrogens with zero attached hydrogens (tertiary/aromatic N) is 1. The van der Waals surface area contributed by atoms with Gasteiger partial charge in [-0.25, -0.2) is 0 Å². The van der Waals surface area contributed by atoms with Crippen LogP contribution in [-0.4, -0.2) is 38.3 Å². The molecular formula is C15H21N3O2. The van der Waals surface area contributed by atoms with E-state index in [9.17, 15) is 0 Å². The Morgan fingerprint density at radius 3 is 3.15 bits per heavy atom. The molecule has 0 bridgehead atoms. The number of hydrogen-bond acceptors (Lipinski definition) is 3. The van der Waals surface area contributed by atoms with Crippen LogP contribution in [0.5, 0.6) is 0 Å². The van der Waals surface area contributed by atoms with Gasteiger partial charge in [-0.15, -0.1) is 6.42 Å². The number of aliphatic imine (C=N–C) groups is 1. The SMILES string of the molecule is C#CCNC(=NCC1CCCO1)NCCc1ccco1. The van der Waals surface area contributed by atoms with E-state index in [0.717, 1.165) is 44.1 Å². The van der Waals surface area contributed by atoms with Gasteiger partial charge in [-0.3, -0.25) is 4.99 Å². The summed E-state index contributed by atoms with van der Waals surface area (Å²) in [6.07, 6.45) is 10.2. The predicted molar refractivity (Wildman–Crippen MR) is 78.5 cm³/mol. The van der Waals surface area contributed by atoms with Gasteiger partial charge in [0.25, 0.3) is 0 Å². The van der Waals surface area contributed by atoms with Gasteiger partial charge in [0.2, 0.25) is 0 Å². The fraction of sp³-hybridized carbons (Fsp3) is 0.533. The molecule has 2 N–H and O–H groups in total. The lowest BCUT2D eigenvalue weighted by Crippen LogP contribution is -2.39. The molecule has 20 heavy (non-hydrogen) atoms. The van der Waals surface area contributed by atoms with Crippen LogP contribution in [0.1, 0.15) is 18.6 Å². The van der Waals surface area contributed by atoms with Crippen molar-refractivity contribution in [3.05, 3.63) is 24.2 Å². The lowest BCUT2D eigenvalue weighted by atomic mass is 10.2. The minimum Gasteiger partial charge on any atom is -0.469 e. The van der Waals surface area contributed by atoms with E-state index in [-0.39, 0.29) is 6.10 Å². The monoisotopic (exact) mass is 275 g/mol. The Hall–Kier alpha value is -1.93. The highest BCUT2D eigenvalue weighted by atomic mass is 16.5. The van der Waals surface area contributed by atoms with Gasteiger partial charge in [0, 0.05) is 19.6 Å². The number of terminal acetylenes is 1. The van der Waals surface area contributed by atoms with E-state index < -0.39 is 0 Å². The number of rotatable bonds is 6. The molecule has 0 saturated carbocycles. The van der Waals surface area contributed by atoms with Gasteiger partial charge >= 0.3 is 0 Å². The average Bonchev–Trinajstić information content (AvgIpc) is 3.14. The van der Waals surface area contributed by atoms with Crippen molar-refractivity contribution >= 4 is 5.96 Å². The molecule has 2 rings (SSSR count). The second-order valence-corrected chi connectivity index (χ2v) is 4.64. The molecule has 0 amide bonds. The third kappa shape index (κ3) is 4.98. The Labute approximate surface area is 119 Å². The third-order valence-corrected chi connectivity index (χ3v) is 3.08. The van der Waals surface area contributed by atoms with E-state index in [1.807, 2.05) is 12.1 Å². The largest absolute Gasteiger partial charge is 0.469 e. The molecule has 0 spiro atoms. The fourth-order valence-electron chi connectivity index (χ4n) is 2.05. The highest BCUT2D eigenvalue weighted by Crippen LogP contribution is 2.11. The molecule has 1 aromatic heterocycles. The number of nitrogens with one attached hydrogen (secondary N) is 2. The summed E-state index contributed by atoms with van der Waals surface area (Å²) in [5.74, 6) is 4.23. The zero-order valence-corrected chi connectivity index (χ0v) is 11.6. The Bertz CT molecular complexity index is 442. The maximum Gasteiger partial charge on any atom is 0.192 e. The smallest absolute Gasteiger partial charge is 0.192 e. The summed E-state index contributed by atoms with van der Waals surface area (Å²) < 4.78 is 10.8. The van der Waals surface area contributed by atoms with Crippen LogP contribution < -0.4 is 10.6 Å². The van der Waals surface area contributed by atoms with Crippen LogP contribution in [0.3, 0.4) is 0 Å². The molecule has 1 aliphatic rings. The summed E-state index contributed by atoms with van der Waals surface area (Å²) in [4.78, 5) is 4.51. The predicted octanol–water partition coefficient (Wildman–Crippen LogP) is 1.17. The molecule has 5 heteroatoms. The van der Waals surface area contributed by atoms with Crippen LogP contribution in [0.25, 0.3) is 0 Å². The summed E-state index contributed by atoms with van der Waals surface area (Å²) in [5.41, 5.74) is 0. The molecule has 1 fully saturated rings. The van der Waals surface area contributed by atoms with Crippen LogP contribution >= 0.6 is 0 Å². The van der Waals surface area contributed by atoms with E-state index in [1.165, 1.54) is 0 Å². The van der Waals surface area contributed by atoms with Crippen LogP contribution in [0, 0.1) is 12.3 Å². The molecule has 0 aliphatic carbocycles. The first kappa shape index (κ1) is 14.5. The standard InChI is InChI=1S/C15H21N3O2/c1-2-8-16-15(18-12-14-6-4-11-20-14)17-9-7-13-5-3-10-19-13/h1,3,5,10,14H,4,6-9,11-12H2,(H2,16,17,18). The van der Waals surface area contributed by atoms with Gasteiger partial charge in [-0.1, -0.05) is 5.92 Å². The van der Waals surface area contributed by atoms with Crippen molar-refractivity contribution in [3.8, 4) is 12.3 Å². The summed E-state index contributed by atoms with van der Waals surface area (Å²) >= 11 is 0. The lowest BCUT2D eigenvalue weighted by Gasteiger charge is -2.12. The molecule has 1 aliphatic heterocycles. The quantitative estimate of drug-likeness (QED) is 0.465. The van der Waals surface area contributed by atoms with Crippen molar-refractivity contribution in [1.82, 2.24) is 10.6 Å². The zero-order valence-electron chi connectivity index (χ0n) is 11.6. The summed E-state index contributed by atoms with van der Waals surface area (Å²) in [6.45, 7) is 2.72. The van der Waals surface area contributed by atoms with Crippen molar-refractivity contribution in [1.29, 1.82) is 0 Å². The maximum atomic E-state index is 5.55. The van der Waals surface area contributed by atoms with Gasteiger partial charge in [0.05, 0.1) is 25.5 Å². The average molecular weight is 275 g/mol. The minimum absolute atomic E-state index is 0.240. The molecule has 0 radical (unpaired) electrons. The molecule has 1 atom stereocenters. The second-order valence-electron chi connectivity index (χ2n) is 4.64. The van der Waals surface area contributed by atoms with Crippen molar-refractivity contribution in [3.63, 3.8) is 0 Å². The minimum atomic E-state index is 0.240. The molecule has 108 valence electrons. The molecule has 1 aromatic rings. The first-order chi connectivity index (χ1) is 9.88. The van der Waals surface area contributed by atoms with E-state index in [4.69, 9.17) is 15.6 Å². The molecule has 0 aromatic carbocycles. The normalized spacial score (nSPS) is 18.8. The van der Waals surface area contributed by atoms with Crippen LogP contribution in [0.4, 0.5) is 0 Å². The van der Waals surface area contributed by atoms with Crippen molar-refractivity contribution in [2.45, 2.75) is 25.4 Å². The number of furan rings is 1. The number of hydrogen-bond donors (Lipinski definition) is 2. The van der Waals surface area contributed by atoms with Gasteiger partial charge < -0.3 is 19.8 Å². The van der Waals surface area contributed by atoms with Crippen molar-refractivity contribution in [2.24, 2.45) is 4.99 Å². The molecule has 2 heterocycles. The molecule has 5 nitrogen and oxygen atoms in total. The van der Waals surface area contributed by atoms with Gasteiger partial charge in [0.15, 0.2) is 5.96 Å².